The first-order chi connectivity index (χ1) is 17.9. The number of nitrogens with zero attached hydrogens (tertiary/aromatic N) is 1. The number of methoxy groups -OCH3 is 1. The third-order valence-corrected chi connectivity index (χ3v) is 6.00. The van der Waals surface area contributed by atoms with Crippen LogP contribution >= 0.6 is 12.6 Å². The van der Waals surface area contributed by atoms with Gasteiger partial charge in [0.1, 0.15) is 30.0 Å². The lowest BCUT2D eigenvalue weighted by Gasteiger charge is -2.34. The Labute approximate surface area is 231 Å². The van der Waals surface area contributed by atoms with E-state index < -0.39 is 48.1 Å². The maximum atomic E-state index is 13.8. The van der Waals surface area contributed by atoms with Crippen LogP contribution in [-0.2, 0) is 23.9 Å². The molecule has 2 atom stereocenters. The highest BCUT2D eigenvalue weighted by Crippen LogP contribution is 2.30. The molecule has 0 aromatic heterocycles. The van der Waals surface area contributed by atoms with E-state index in [-0.39, 0.29) is 23.6 Å². The number of unbranched alkanes of at least 4 members (excludes halogenated alkanes) is 5. The molecule has 0 heterocycles. The quantitative estimate of drug-likeness (QED) is 0.148. The van der Waals surface area contributed by atoms with Crippen LogP contribution in [0.5, 0.6) is 5.75 Å². The Morgan fingerprint density at radius 3 is 2.26 bits per heavy atom. The molecule has 3 N–H and O–H groups in total. The minimum atomic E-state index is -1.27. The first kappa shape index (κ1) is 33.1. The van der Waals surface area contributed by atoms with E-state index in [2.05, 4.69) is 34.9 Å². The number of nitrogens with one attached hydrogen (secondary N) is 2. The van der Waals surface area contributed by atoms with E-state index in [0.717, 1.165) is 32.1 Å². The zero-order chi connectivity index (χ0) is 28.7. The number of rotatable bonds is 15. The van der Waals surface area contributed by atoms with Crippen molar-refractivity contribution in [1.29, 1.82) is 0 Å². The lowest BCUT2D eigenvalue weighted by molar-refractivity contribution is -0.144. The van der Waals surface area contributed by atoms with Gasteiger partial charge in [-0.2, -0.15) is 12.6 Å². The summed E-state index contributed by atoms with van der Waals surface area (Å²) < 4.78 is 9.91. The minimum Gasteiger partial charge on any atom is -0.508 e. The van der Waals surface area contributed by atoms with Crippen LogP contribution in [0.3, 0.4) is 0 Å². The standard InChI is InChI=1S/C27H43N3O7S/c1-6-7-8-9-10-13-16-30(25(34)20(18-38)29-26(35)37-27(2,3)4)23(19-14-11-12-15-21(19)31)24(33)28-17-22(32)36-5/h11-12,14-15,20,23,31,38H,6-10,13,16-18H2,1-5H3,(H,28,33)(H,29,35). The van der Waals surface area contributed by atoms with Crippen LogP contribution in [0.1, 0.15) is 77.8 Å². The molecule has 0 spiro atoms. The molecule has 11 heteroatoms. The fourth-order valence-corrected chi connectivity index (χ4v) is 4.01. The molecule has 0 radical (unpaired) electrons. The highest BCUT2D eigenvalue weighted by atomic mass is 32.1. The van der Waals surface area contributed by atoms with Crippen LogP contribution in [0, 0.1) is 0 Å². The normalized spacial score (nSPS) is 12.7. The molecular weight excluding hydrogens is 510 g/mol. The van der Waals surface area contributed by atoms with E-state index in [1.54, 1.807) is 32.9 Å². The predicted octanol–water partition coefficient (Wildman–Crippen LogP) is 3.73. The van der Waals surface area contributed by atoms with Gasteiger partial charge in [0.15, 0.2) is 0 Å². The maximum absolute atomic E-state index is 13.8. The van der Waals surface area contributed by atoms with E-state index in [0.29, 0.717) is 6.42 Å². The average Bonchev–Trinajstić information content (AvgIpc) is 2.86. The molecule has 0 fully saturated rings. The van der Waals surface area contributed by atoms with E-state index in [1.807, 2.05) is 0 Å². The number of phenols is 1. The van der Waals surface area contributed by atoms with Gasteiger partial charge >= 0.3 is 12.1 Å². The molecule has 0 saturated heterocycles. The minimum absolute atomic E-state index is 0.0532. The van der Waals surface area contributed by atoms with Gasteiger partial charge in [0, 0.05) is 17.9 Å². The summed E-state index contributed by atoms with van der Waals surface area (Å²) in [5.74, 6) is -2.15. The fraction of sp³-hybridized carbons (Fsp3) is 0.630. The lowest BCUT2D eigenvalue weighted by atomic mass is 10.0. The molecule has 38 heavy (non-hydrogen) atoms. The van der Waals surface area contributed by atoms with E-state index in [1.165, 1.54) is 24.1 Å². The van der Waals surface area contributed by atoms with Crippen LogP contribution < -0.4 is 10.6 Å². The predicted molar refractivity (Wildman–Crippen MR) is 148 cm³/mol. The number of benzene rings is 1. The number of carbonyl (C=O) groups is 4. The van der Waals surface area contributed by atoms with Gasteiger partial charge in [0.05, 0.1) is 7.11 Å². The van der Waals surface area contributed by atoms with Crippen molar-refractivity contribution < 1.29 is 33.8 Å². The monoisotopic (exact) mass is 553 g/mol. The van der Waals surface area contributed by atoms with Gasteiger partial charge in [0.2, 0.25) is 11.8 Å². The number of hydrogen-bond acceptors (Lipinski definition) is 8. The SMILES string of the molecule is CCCCCCCCN(C(=O)C(CS)NC(=O)OC(C)(C)C)C(C(=O)NCC(=O)OC)c1ccccc1O. The number of esters is 1. The summed E-state index contributed by atoms with van der Waals surface area (Å²) >= 11 is 4.26. The summed E-state index contributed by atoms with van der Waals surface area (Å²) in [6, 6.07) is 3.82. The van der Waals surface area contributed by atoms with Gasteiger partial charge in [-0.1, -0.05) is 57.2 Å². The highest BCUT2D eigenvalue weighted by molar-refractivity contribution is 7.80. The molecule has 3 amide bonds. The van der Waals surface area contributed by atoms with Gasteiger partial charge in [-0.05, 0) is 33.3 Å². The van der Waals surface area contributed by atoms with Gasteiger partial charge in [-0.25, -0.2) is 4.79 Å². The smallest absolute Gasteiger partial charge is 0.408 e. The molecule has 0 aliphatic rings. The van der Waals surface area contributed by atoms with Crippen molar-refractivity contribution in [2.75, 3.05) is 26.0 Å². The average molecular weight is 554 g/mol. The van der Waals surface area contributed by atoms with Crippen LogP contribution in [0.15, 0.2) is 24.3 Å². The number of carbonyl (C=O) groups excluding carboxylic acids is 4. The number of amides is 3. The summed E-state index contributed by atoms with van der Waals surface area (Å²) in [5, 5.41) is 15.6. The van der Waals surface area contributed by atoms with Gasteiger partial charge in [-0.15, -0.1) is 0 Å². The number of hydrogen-bond donors (Lipinski definition) is 4. The largest absolute Gasteiger partial charge is 0.508 e. The van der Waals surface area contributed by atoms with E-state index >= 15 is 0 Å². The molecule has 1 aromatic rings. The zero-order valence-corrected chi connectivity index (χ0v) is 24.0. The summed E-state index contributed by atoms with van der Waals surface area (Å²) in [7, 11) is 1.20. The molecule has 1 aromatic carbocycles. The molecule has 0 aliphatic carbocycles. The Balaban J connectivity index is 3.35. The summed E-state index contributed by atoms with van der Waals surface area (Å²) in [6.07, 6.45) is 4.87. The van der Waals surface area contributed by atoms with Crippen molar-refractivity contribution in [2.45, 2.75) is 83.9 Å². The Hall–Kier alpha value is -2.95. The molecule has 214 valence electrons. The number of thiol groups is 1. The number of ether oxygens (including phenoxy) is 2. The van der Waals surface area contributed by atoms with Crippen LogP contribution in [0.25, 0.3) is 0 Å². The van der Waals surface area contributed by atoms with Gasteiger partial charge in [0.25, 0.3) is 0 Å². The molecule has 2 unspecified atom stereocenters. The van der Waals surface area contributed by atoms with Crippen LogP contribution in [-0.4, -0.2) is 71.5 Å². The second-order valence-corrected chi connectivity index (χ2v) is 10.3. The summed E-state index contributed by atoms with van der Waals surface area (Å²) in [6.45, 7) is 7.00. The maximum Gasteiger partial charge on any atom is 0.408 e. The molecule has 0 saturated carbocycles. The molecular formula is C27H43N3O7S. The Morgan fingerprint density at radius 2 is 1.68 bits per heavy atom. The van der Waals surface area contributed by atoms with Crippen molar-refractivity contribution in [1.82, 2.24) is 15.5 Å². The first-order valence-electron chi connectivity index (χ1n) is 13.0. The van der Waals surface area contributed by atoms with Crippen molar-refractivity contribution in [2.24, 2.45) is 0 Å². The number of phenolic OH excluding ortho intramolecular Hbond substituents is 1. The Bertz CT molecular complexity index is 920. The zero-order valence-electron chi connectivity index (χ0n) is 23.1. The van der Waals surface area contributed by atoms with Crippen LogP contribution in [0.2, 0.25) is 0 Å². The molecule has 1 rings (SSSR count). The second-order valence-electron chi connectivity index (χ2n) is 9.94. The number of para-hydroxylation sites is 1. The fourth-order valence-electron chi connectivity index (χ4n) is 3.76. The number of alkyl carbamates (subject to hydrolysis) is 1. The third-order valence-electron chi connectivity index (χ3n) is 5.63. The van der Waals surface area contributed by atoms with Gasteiger partial charge in [-0.3, -0.25) is 14.4 Å². The molecule has 0 bridgehead atoms. The van der Waals surface area contributed by atoms with Crippen molar-refractivity contribution >= 4 is 36.5 Å². The number of aromatic hydroxyl groups is 1. The summed E-state index contributed by atoms with van der Waals surface area (Å²) in [5.41, 5.74) is -0.595. The van der Waals surface area contributed by atoms with Crippen molar-refractivity contribution in [3.63, 3.8) is 0 Å². The topological polar surface area (TPSA) is 134 Å². The van der Waals surface area contributed by atoms with E-state index in [9.17, 15) is 24.3 Å². The van der Waals surface area contributed by atoms with Crippen molar-refractivity contribution in [3.8, 4) is 5.75 Å². The van der Waals surface area contributed by atoms with Crippen LogP contribution in [0.4, 0.5) is 4.79 Å². The third kappa shape index (κ3) is 11.6. The molecule has 10 nitrogen and oxygen atoms in total. The Morgan fingerprint density at radius 1 is 1.05 bits per heavy atom. The highest BCUT2D eigenvalue weighted by Gasteiger charge is 2.37. The summed E-state index contributed by atoms with van der Waals surface area (Å²) in [4.78, 5) is 52.7. The molecule has 0 aliphatic heterocycles. The second kappa shape index (κ2) is 16.8. The Kier molecular flexibility index (Phi) is 14.6. The van der Waals surface area contributed by atoms with E-state index in [4.69, 9.17) is 4.74 Å². The lowest BCUT2D eigenvalue weighted by Crippen LogP contribution is -2.54. The van der Waals surface area contributed by atoms with Gasteiger partial charge < -0.3 is 30.1 Å². The first-order valence-corrected chi connectivity index (χ1v) is 13.6. The van der Waals surface area contributed by atoms with Crippen molar-refractivity contribution in [3.05, 3.63) is 29.8 Å².